The van der Waals surface area contributed by atoms with Crippen molar-refractivity contribution < 1.29 is 37.3 Å². The second-order valence-corrected chi connectivity index (χ2v) is 10.1. The maximum atomic E-state index is 13.2. The summed E-state index contributed by atoms with van der Waals surface area (Å²) < 4.78 is 53.7. The molecule has 0 saturated heterocycles. The lowest BCUT2D eigenvalue weighted by Crippen LogP contribution is -2.49. The number of benzene rings is 2. The largest absolute Gasteiger partial charge is 0.573 e. The standard InChI is InChI=1S/C25H24F3NO5S/c1-6-13-7-8-14(11-16(13)19-20(30)23(2,3)34-24(4,5)21(19)31)32-22-29-17-10-9-15(12-18(17)35-22)33-25(26,27)28/h7-12,30H,6H2,1-5H3. The number of ketones is 1. The molecule has 186 valence electrons. The average molecular weight is 508 g/mol. The molecule has 10 heteroatoms. The summed E-state index contributed by atoms with van der Waals surface area (Å²) in [6, 6.07) is 9.01. The van der Waals surface area contributed by atoms with Gasteiger partial charge in [0.1, 0.15) is 28.5 Å². The first kappa shape index (κ1) is 25.0. The van der Waals surface area contributed by atoms with Crippen LogP contribution in [0.15, 0.2) is 42.2 Å². The monoisotopic (exact) mass is 507 g/mol. The van der Waals surface area contributed by atoms with Gasteiger partial charge in [-0.1, -0.05) is 24.3 Å². The minimum Gasteiger partial charge on any atom is -0.508 e. The van der Waals surface area contributed by atoms with Crippen molar-refractivity contribution in [3.8, 4) is 16.7 Å². The van der Waals surface area contributed by atoms with Crippen LogP contribution in [0.25, 0.3) is 15.8 Å². The molecule has 4 rings (SSSR count). The van der Waals surface area contributed by atoms with E-state index < -0.39 is 17.6 Å². The summed E-state index contributed by atoms with van der Waals surface area (Å²) in [5.41, 5.74) is -0.230. The molecule has 1 aliphatic rings. The van der Waals surface area contributed by atoms with Crippen LogP contribution in [0, 0.1) is 0 Å². The molecule has 0 bridgehead atoms. The molecular formula is C25H24F3NO5S. The van der Waals surface area contributed by atoms with Crippen LogP contribution in [0.2, 0.25) is 0 Å². The zero-order valence-corrected chi connectivity index (χ0v) is 20.6. The predicted molar refractivity (Wildman–Crippen MR) is 126 cm³/mol. The SMILES string of the molecule is CCc1ccc(Oc2nc3ccc(OC(F)(F)F)cc3s2)cc1C1=C(O)C(C)(C)OC(C)(C)C1=O. The Bertz CT molecular complexity index is 1340. The van der Waals surface area contributed by atoms with Crippen molar-refractivity contribution in [1.29, 1.82) is 0 Å². The van der Waals surface area contributed by atoms with Crippen LogP contribution in [-0.2, 0) is 16.0 Å². The quantitative estimate of drug-likeness (QED) is 0.402. The van der Waals surface area contributed by atoms with Gasteiger partial charge in [0.05, 0.1) is 15.8 Å². The van der Waals surface area contributed by atoms with Gasteiger partial charge in [0.2, 0.25) is 0 Å². The topological polar surface area (TPSA) is 77.9 Å². The Kier molecular flexibility index (Phi) is 6.09. The first-order valence-electron chi connectivity index (χ1n) is 10.9. The highest BCUT2D eigenvalue weighted by molar-refractivity contribution is 7.20. The normalized spacial score (nSPS) is 17.7. The van der Waals surface area contributed by atoms with Crippen LogP contribution in [0.5, 0.6) is 16.7 Å². The van der Waals surface area contributed by atoms with Crippen LogP contribution in [0.4, 0.5) is 13.2 Å². The number of Topliss-reactive ketones (excluding diaryl/α,β-unsaturated/α-hetero) is 1. The first-order chi connectivity index (χ1) is 16.2. The fourth-order valence-electron chi connectivity index (χ4n) is 4.08. The van der Waals surface area contributed by atoms with Gasteiger partial charge in [0.15, 0.2) is 5.78 Å². The predicted octanol–water partition coefficient (Wildman–Crippen LogP) is 6.98. The van der Waals surface area contributed by atoms with Gasteiger partial charge >= 0.3 is 6.36 Å². The van der Waals surface area contributed by atoms with Gasteiger partial charge in [-0.05, 0) is 69.5 Å². The lowest BCUT2D eigenvalue weighted by atomic mass is 9.81. The molecule has 0 atom stereocenters. The lowest BCUT2D eigenvalue weighted by Gasteiger charge is -2.40. The summed E-state index contributed by atoms with van der Waals surface area (Å²) in [4.78, 5) is 17.6. The van der Waals surface area contributed by atoms with Gasteiger partial charge < -0.3 is 19.3 Å². The van der Waals surface area contributed by atoms with Gasteiger partial charge in [-0.3, -0.25) is 4.79 Å². The minimum atomic E-state index is -4.79. The number of hydrogen-bond donors (Lipinski definition) is 1. The Morgan fingerprint density at radius 3 is 2.40 bits per heavy atom. The zero-order chi connectivity index (χ0) is 25.8. The molecule has 0 aliphatic carbocycles. The molecule has 0 radical (unpaired) electrons. The molecule has 1 N–H and O–H groups in total. The van der Waals surface area contributed by atoms with Crippen LogP contribution < -0.4 is 9.47 Å². The van der Waals surface area contributed by atoms with Crippen LogP contribution >= 0.6 is 11.3 Å². The van der Waals surface area contributed by atoms with Gasteiger partial charge in [-0.25, -0.2) is 4.98 Å². The molecule has 0 fully saturated rings. The van der Waals surface area contributed by atoms with E-state index in [1.165, 1.54) is 18.2 Å². The minimum absolute atomic E-state index is 0.161. The van der Waals surface area contributed by atoms with Gasteiger partial charge in [-0.2, -0.15) is 0 Å². The summed E-state index contributed by atoms with van der Waals surface area (Å²) in [5.74, 6) is -0.497. The Balaban J connectivity index is 1.72. The van der Waals surface area contributed by atoms with Crippen molar-refractivity contribution in [2.45, 2.75) is 58.6 Å². The first-order valence-corrected chi connectivity index (χ1v) is 11.7. The van der Waals surface area contributed by atoms with Crippen molar-refractivity contribution in [3.05, 3.63) is 53.3 Å². The number of aromatic nitrogens is 1. The van der Waals surface area contributed by atoms with Crippen molar-refractivity contribution >= 4 is 32.9 Å². The second kappa shape index (κ2) is 8.53. The van der Waals surface area contributed by atoms with Crippen LogP contribution in [0.1, 0.15) is 45.7 Å². The number of ether oxygens (including phenoxy) is 3. The van der Waals surface area contributed by atoms with Crippen LogP contribution in [0.3, 0.4) is 0 Å². The fourth-order valence-corrected chi connectivity index (χ4v) is 4.94. The van der Waals surface area contributed by atoms with Gasteiger partial charge in [0, 0.05) is 6.07 Å². The number of halogens is 3. The Morgan fingerprint density at radius 2 is 1.74 bits per heavy atom. The number of fused-ring (bicyclic) bond motifs is 1. The molecular weight excluding hydrogens is 483 g/mol. The Morgan fingerprint density at radius 1 is 1.06 bits per heavy atom. The average Bonchev–Trinajstić information content (AvgIpc) is 3.12. The summed E-state index contributed by atoms with van der Waals surface area (Å²) >= 11 is 1.06. The van der Waals surface area contributed by atoms with E-state index >= 15 is 0 Å². The number of aliphatic hydroxyl groups excluding tert-OH is 1. The second-order valence-electron chi connectivity index (χ2n) is 9.11. The molecule has 3 aromatic rings. The lowest BCUT2D eigenvalue weighted by molar-refractivity contribution is -0.274. The highest BCUT2D eigenvalue weighted by Crippen LogP contribution is 2.42. The van der Waals surface area contributed by atoms with E-state index in [0.29, 0.717) is 28.0 Å². The molecule has 35 heavy (non-hydrogen) atoms. The van der Waals surface area contributed by atoms with Crippen molar-refractivity contribution in [2.24, 2.45) is 0 Å². The number of aryl methyl sites for hydroxylation is 1. The van der Waals surface area contributed by atoms with Crippen molar-refractivity contribution in [1.82, 2.24) is 4.98 Å². The Hall–Kier alpha value is -3.11. The summed E-state index contributed by atoms with van der Waals surface area (Å²) in [6.07, 6.45) is -4.19. The van der Waals surface area contributed by atoms with E-state index in [-0.39, 0.29) is 28.1 Å². The van der Waals surface area contributed by atoms with E-state index in [4.69, 9.17) is 9.47 Å². The molecule has 2 heterocycles. The Labute approximate surface area is 204 Å². The molecule has 0 amide bonds. The van der Waals surface area contributed by atoms with Gasteiger partial charge in [-0.15, -0.1) is 13.2 Å². The van der Waals surface area contributed by atoms with E-state index in [1.54, 1.807) is 45.9 Å². The number of carbonyl (C=O) groups excluding carboxylic acids is 1. The smallest absolute Gasteiger partial charge is 0.508 e. The number of nitrogens with zero attached hydrogens (tertiary/aromatic N) is 1. The van der Waals surface area contributed by atoms with Crippen LogP contribution in [-0.4, -0.2) is 33.4 Å². The number of hydrogen-bond acceptors (Lipinski definition) is 7. The number of rotatable bonds is 5. The third kappa shape index (κ3) is 4.99. The number of carbonyl (C=O) groups is 1. The third-order valence-electron chi connectivity index (χ3n) is 5.60. The van der Waals surface area contributed by atoms with E-state index in [0.717, 1.165) is 16.9 Å². The number of aliphatic hydroxyl groups is 1. The maximum Gasteiger partial charge on any atom is 0.573 e. The summed E-state index contributed by atoms with van der Waals surface area (Å²) in [6.45, 7) is 8.65. The third-order valence-corrected chi connectivity index (χ3v) is 6.50. The molecule has 6 nitrogen and oxygen atoms in total. The molecule has 0 unspecified atom stereocenters. The highest BCUT2D eigenvalue weighted by atomic mass is 32.1. The fraction of sp³-hybridized carbons (Fsp3) is 0.360. The van der Waals surface area contributed by atoms with E-state index in [1.807, 2.05) is 6.92 Å². The number of alkyl halides is 3. The van der Waals surface area contributed by atoms with Gasteiger partial charge in [0.25, 0.3) is 5.19 Å². The molecule has 2 aromatic carbocycles. The molecule has 1 aliphatic heterocycles. The highest BCUT2D eigenvalue weighted by Gasteiger charge is 2.47. The zero-order valence-electron chi connectivity index (χ0n) is 19.7. The number of thiazole rings is 1. The molecule has 1 aromatic heterocycles. The molecule has 0 saturated carbocycles. The maximum absolute atomic E-state index is 13.2. The van der Waals surface area contributed by atoms with Crippen molar-refractivity contribution in [2.75, 3.05) is 0 Å². The summed E-state index contributed by atoms with van der Waals surface area (Å²) in [5, 5.41) is 11.2. The van der Waals surface area contributed by atoms with E-state index in [9.17, 15) is 23.1 Å². The van der Waals surface area contributed by atoms with E-state index in [2.05, 4.69) is 9.72 Å². The summed E-state index contributed by atoms with van der Waals surface area (Å²) in [7, 11) is 0. The molecule has 0 spiro atoms. The van der Waals surface area contributed by atoms with Crippen molar-refractivity contribution in [3.63, 3.8) is 0 Å².